The lowest BCUT2D eigenvalue weighted by Gasteiger charge is -2.24. The van der Waals surface area contributed by atoms with Crippen molar-refractivity contribution in [2.45, 2.75) is 6.42 Å². The standard InChI is InChI=1S/C13H17BrN2OS/c1-15(2)11-4-3-10(14)6-12(11)16-7-9(8-18)5-13(16)17/h3-4,6,9,18H,5,7-8H2,1-2H3. The van der Waals surface area contributed by atoms with E-state index in [2.05, 4.69) is 28.6 Å². The fraction of sp³-hybridized carbons (Fsp3) is 0.462. The Kier molecular flexibility index (Phi) is 4.22. The van der Waals surface area contributed by atoms with Gasteiger partial charge in [-0.25, -0.2) is 0 Å². The van der Waals surface area contributed by atoms with E-state index >= 15 is 0 Å². The smallest absolute Gasteiger partial charge is 0.227 e. The van der Waals surface area contributed by atoms with Gasteiger partial charge in [-0.3, -0.25) is 4.79 Å². The monoisotopic (exact) mass is 328 g/mol. The number of anilines is 2. The second kappa shape index (κ2) is 5.53. The van der Waals surface area contributed by atoms with Crippen molar-refractivity contribution in [3.63, 3.8) is 0 Å². The van der Waals surface area contributed by atoms with Crippen molar-refractivity contribution in [1.82, 2.24) is 0 Å². The lowest BCUT2D eigenvalue weighted by Crippen LogP contribution is -2.27. The molecule has 5 heteroatoms. The molecule has 1 aromatic carbocycles. The van der Waals surface area contributed by atoms with Crippen LogP contribution in [0.15, 0.2) is 22.7 Å². The van der Waals surface area contributed by atoms with Crippen LogP contribution in [0.5, 0.6) is 0 Å². The van der Waals surface area contributed by atoms with E-state index in [1.807, 2.05) is 42.1 Å². The molecular weight excluding hydrogens is 312 g/mol. The molecule has 2 rings (SSSR count). The molecule has 3 nitrogen and oxygen atoms in total. The Morgan fingerprint density at radius 3 is 2.78 bits per heavy atom. The van der Waals surface area contributed by atoms with Crippen molar-refractivity contribution in [3.8, 4) is 0 Å². The Hall–Kier alpha value is -0.680. The number of nitrogens with zero attached hydrogens (tertiary/aromatic N) is 2. The molecule has 0 saturated carbocycles. The van der Waals surface area contributed by atoms with Crippen LogP contribution in [0.1, 0.15) is 6.42 Å². The molecule has 0 aromatic heterocycles. The van der Waals surface area contributed by atoms with Gasteiger partial charge in [-0.15, -0.1) is 0 Å². The Morgan fingerprint density at radius 1 is 1.50 bits per heavy atom. The minimum Gasteiger partial charge on any atom is -0.376 e. The molecule has 1 atom stereocenters. The van der Waals surface area contributed by atoms with Crippen LogP contribution >= 0.6 is 28.6 Å². The quantitative estimate of drug-likeness (QED) is 0.862. The average molecular weight is 329 g/mol. The van der Waals surface area contributed by atoms with Gasteiger partial charge in [0.15, 0.2) is 0 Å². The highest BCUT2D eigenvalue weighted by molar-refractivity contribution is 9.10. The topological polar surface area (TPSA) is 23.6 Å². The van der Waals surface area contributed by atoms with E-state index in [-0.39, 0.29) is 5.91 Å². The summed E-state index contributed by atoms with van der Waals surface area (Å²) in [5, 5.41) is 0. The third kappa shape index (κ3) is 2.67. The van der Waals surface area contributed by atoms with Crippen LogP contribution < -0.4 is 9.80 Å². The Morgan fingerprint density at radius 2 is 2.22 bits per heavy atom. The SMILES string of the molecule is CN(C)c1ccc(Br)cc1N1CC(CS)CC1=O. The number of halogens is 1. The molecule has 0 aliphatic carbocycles. The number of amides is 1. The van der Waals surface area contributed by atoms with Crippen LogP contribution in [-0.4, -0.2) is 32.3 Å². The predicted octanol–water partition coefficient (Wildman–Crippen LogP) is 2.80. The lowest BCUT2D eigenvalue weighted by molar-refractivity contribution is -0.117. The number of hydrogen-bond acceptors (Lipinski definition) is 3. The van der Waals surface area contributed by atoms with Crippen molar-refractivity contribution in [1.29, 1.82) is 0 Å². The van der Waals surface area contributed by atoms with Crippen LogP contribution in [0.4, 0.5) is 11.4 Å². The molecule has 1 aromatic rings. The van der Waals surface area contributed by atoms with Crippen molar-refractivity contribution < 1.29 is 4.79 Å². The summed E-state index contributed by atoms with van der Waals surface area (Å²) >= 11 is 7.77. The molecule has 1 amide bonds. The maximum atomic E-state index is 12.1. The van der Waals surface area contributed by atoms with E-state index in [0.29, 0.717) is 12.3 Å². The number of carbonyl (C=O) groups excluding carboxylic acids is 1. The van der Waals surface area contributed by atoms with Gasteiger partial charge < -0.3 is 9.80 Å². The van der Waals surface area contributed by atoms with E-state index in [1.54, 1.807) is 0 Å². The summed E-state index contributed by atoms with van der Waals surface area (Å²) in [5.41, 5.74) is 2.04. The van der Waals surface area contributed by atoms with Gasteiger partial charge in [-0.1, -0.05) is 15.9 Å². The predicted molar refractivity (Wildman–Crippen MR) is 82.8 cm³/mol. The van der Waals surface area contributed by atoms with Crippen molar-refractivity contribution in [2.24, 2.45) is 5.92 Å². The van der Waals surface area contributed by atoms with Gasteiger partial charge in [0, 0.05) is 31.5 Å². The molecule has 18 heavy (non-hydrogen) atoms. The number of rotatable bonds is 3. The summed E-state index contributed by atoms with van der Waals surface area (Å²) < 4.78 is 0.991. The highest BCUT2D eigenvalue weighted by atomic mass is 79.9. The van der Waals surface area contributed by atoms with Gasteiger partial charge in [0.25, 0.3) is 0 Å². The summed E-state index contributed by atoms with van der Waals surface area (Å²) in [4.78, 5) is 16.0. The second-order valence-electron chi connectivity index (χ2n) is 4.78. The average Bonchev–Trinajstić information content (AvgIpc) is 2.70. The molecular formula is C13H17BrN2OS. The summed E-state index contributed by atoms with van der Waals surface area (Å²) in [5.74, 6) is 1.30. The first-order valence-electron chi connectivity index (χ1n) is 5.91. The molecule has 98 valence electrons. The van der Waals surface area contributed by atoms with Crippen molar-refractivity contribution in [2.75, 3.05) is 36.2 Å². The van der Waals surface area contributed by atoms with E-state index < -0.39 is 0 Å². The van der Waals surface area contributed by atoms with E-state index in [9.17, 15) is 4.79 Å². The highest BCUT2D eigenvalue weighted by Crippen LogP contribution is 2.35. The van der Waals surface area contributed by atoms with Crippen LogP contribution in [-0.2, 0) is 4.79 Å². The minimum absolute atomic E-state index is 0.190. The third-order valence-electron chi connectivity index (χ3n) is 3.17. The number of carbonyl (C=O) groups is 1. The Bertz CT molecular complexity index is 464. The van der Waals surface area contributed by atoms with Gasteiger partial charge in [-0.05, 0) is 29.9 Å². The second-order valence-corrected chi connectivity index (χ2v) is 6.07. The molecule has 0 radical (unpaired) electrons. The van der Waals surface area contributed by atoms with Crippen LogP contribution in [0.3, 0.4) is 0 Å². The number of hydrogen-bond donors (Lipinski definition) is 1. The van der Waals surface area contributed by atoms with Gasteiger partial charge in [0.1, 0.15) is 0 Å². The van der Waals surface area contributed by atoms with Crippen LogP contribution in [0.25, 0.3) is 0 Å². The summed E-state index contributed by atoms with van der Waals surface area (Å²) in [6, 6.07) is 6.03. The first-order chi connectivity index (χ1) is 8.52. The Labute approximate surface area is 122 Å². The minimum atomic E-state index is 0.190. The van der Waals surface area contributed by atoms with E-state index in [1.165, 1.54) is 0 Å². The molecule has 1 fully saturated rings. The molecule has 0 spiro atoms. The van der Waals surface area contributed by atoms with Gasteiger partial charge in [0.2, 0.25) is 5.91 Å². The molecule has 1 saturated heterocycles. The fourth-order valence-corrected chi connectivity index (χ4v) is 2.82. The molecule has 0 bridgehead atoms. The zero-order valence-corrected chi connectivity index (χ0v) is 13.0. The first kappa shape index (κ1) is 13.7. The van der Waals surface area contributed by atoms with Crippen molar-refractivity contribution >= 4 is 45.8 Å². The summed E-state index contributed by atoms with van der Waals surface area (Å²) in [6.45, 7) is 0.764. The maximum absolute atomic E-state index is 12.1. The van der Waals surface area contributed by atoms with Gasteiger partial charge in [0.05, 0.1) is 11.4 Å². The molecule has 1 aliphatic heterocycles. The van der Waals surface area contributed by atoms with E-state index in [0.717, 1.165) is 28.1 Å². The zero-order valence-electron chi connectivity index (χ0n) is 10.6. The summed E-state index contributed by atoms with van der Waals surface area (Å²) in [6.07, 6.45) is 0.600. The normalized spacial score (nSPS) is 19.4. The van der Waals surface area contributed by atoms with Gasteiger partial charge >= 0.3 is 0 Å². The van der Waals surface area contributed by atoms with Crippen LogP contribution in [0, 0.1) is 5.92 Å². The number of thiol groups is 1. The third-order valence-corrected chi connectivity index (χ3v) is 4.18. The molecule has 1 unspecified atom stereocenters. The molecule has 0 N–H and O–H groups in total. The largest absolute Gasteiger partial charge is 0.376 e. The van der Waals surface area contributed by atoms with Crippen molar-refractivity contribution in [3.05, 3.63) is 22.7 Å². The van der Waals surface area contributed by atoms with E-state index in [4.69, 9.17) is 0 Å². The highest BCUT2D eigenvalue weighted by Gasteiger charge is 2.31. The Balaban J connectivity index is 2.38. The van der Waals surface area contributed by atoms with Crippen LogP contribution in [0.2, 0.25) is 0 Å². The number of benzene rings is 1. The first-order valence-corrected chi connectivity index (χ1v) is 7.33. The zero-order chi connectivity index (χ0) is 13.3. The fourth-order valence-electron chi connectivity index (χ4n) is 2.23. The summed E-state index contributed by atoms with van der Waals surface area (Å²) in [7, 11) is 3.98. The maximum Gasteiger partial charge on any atom is 0.227 e. The van der Waals surface area contributed by atoms with Gasteiger partial charge in [-0.2, -0.15) is 12.6 Å². The lowest BCUT2D eigenvalue weighted by atomic mass is 10.1. The molecule has 1 aliphatic rings. The molecule has 1 heterocycles.